The second-order valence-corrected chi connectivity index (χ2v) is 4.60. The molecule has 1 aromatic carbocycles. The summed E-state index contributed by atoms with van der Waals surface area (Å²) in [6.45, 7) is 1.96. The SMILES string of the molecule is Cc1ccc(C(=O)c2cccc(CCC(=O)O)n2)cc1. The molecule has 0 saturated heterocycles. The molecule has 0 fully saturated rings. The number of nitrogens with zero attached hydrogens (tertiary/aromatic N) is 1. The number of aryl methyl sites for hydroxylation is 2. The molecule has 0 bridgehead atoms. The normalized spacial score (nSPS) is 10.2. The zero-order valence-corrected chi connectivity index (χ0v) is 11.2. The average Bonchev–Trinajstić information content (AvgIpc) is 2.45. The first kappa shape index (κ1) is 13.9. The van der Waals surface area contributed by atoms with Gasteiger partial charge in [0.15, 0.2) is 0 Å². The van der Waals surface area contributed by atoms with Gasteiger partial charge in [0.05, 0.1) is 6.42 Å². The highest BCUT2D eigenvalue weighted by molar-refractivity contribution is 6.07. The maximum absolute atomic E-state index is 12.3. The van der Waals surface area contributed by atoms with Crippen LogP contribution in [0.2, 0.25) is 0 Å². The van der Waals surface area contributed by atoms with Crippen molar-refractivity contribution in [2.45, 2.75) is 19.8 Å². The van der Waals surface area contributed by atoms with Crippen LogP contribution < -0.4 is 0 Å². The number of carbonyl (C=O) groups is 2. The van der Waals surface area contributed by atoms with Gasteiger partial charge in [0.1, 0.15) is 5.69 Å². The molecule has 0 aliphatic heterocycles. The van der Waals surface area contributed by atoms with Crippen molar-refractivity contribution in [3.63, 3.8) is 0 Å². The molecule has 1 heterocycles. The van der Waals surface area contributed by atoms with Gasteiger partial charge < -0.3 is 5.11 Å². The molecule has 2 rings (SSSR count). The van der Waals surface area contributed by atoms with Crippen molar-refractivity contribution >= 4 is 11.8 Å². The maximum atomic E-state index is 12.3. The molecule has 0 radical (unpaired) electrons. The van der Waals surface area contributed by atoms with E-state index in [1.807, 2.05) is 19.1 Å². The molecule has 102 valence electrons. The fraction of sp³-hybridized carbons (Fsp3) is 0.188. The zero-order chi connectivity index (χ0) is 14.5. The van der Waals surface area contributed by atoms with Crippen LogP contribution in [-0.4, -0.2) is 21.8 Å². The molecule has 4 nitrogen and oxygen atoms in total. The number of pyridine rings is 1. The lowest BCUT2D eigenvalue weighted by Gasteiger charge is -2.04. The number of aliphatic carboxylic acids is 1. The molecule has 0 saturated carbocycles. The predicted octanol–water partition coefficient (Wildman–Crippen LogP) is 2.64. The van der Waals surface area contributed by atoms with Gasteiger partial charge in [-0.3, -0.25) is 9.59 Å². The van der Waals surface area contributed by atoms with Gasteiger partial charge >= 0.3 is 5.97 Å². The van der Waals surface area contributed by atoms with Crippen molar-refractivity contribution in [3.8, 4) is 0 Å². The molecule has 2 aromatic rings. The van der Waals surface area contributed by atoms with Crippen molar-refractivity contribution in [3.05, 3.63) is 65.0 Å². The van der Waals surface area contributed by atoms with Crippen molar-refractivity contribution in [2.75, 3.05) is 0 Å². The molecule has 0 aliphatic carbocycles. The van der Waals surface area contributed by atoms with Crippen molar-refractivity contribution < 1.29 is 14.7 Å². The van der Waals surface area contributed by atoms with E-state index in [9.17, 15) is 9.59 Å². The van der Waals surface area contributed by atoms with Crippen LogP contribution in [-0.2, 0) is 11.2 Å². The van der Waals surface area contributed by atoms with E-state index in [1.54, 1.807) is 30.3 Å². The fourth-order valence-electron chi connectivity index (χ4n) is 1.83. The third-order valence-electron chi connectivity index (χ3n) is 2.95. The van der Waals surface area contributed by atoms with Gasteiger partial charge in [-0.15, -0.1) is 0 Å². The van der Waals surface area contributed by atoms with Crippen molar-refractivity contribution in [1.29, 1.82) is 0 Å². The van der Waals surface area contributed by atoms with Gasteiger partial charge in [0.2, 0.25) is 5.78 Å². The first-order valence-corrected chi connectivity index (χ1v) is 6.35. The number of carboxylic acids is 1. The Morgan fingerprint density at radius 3 is 2.45 bits per heavy atom. The minimum atomic E-state index is -0.873. The van der Waals surface area contributed by atoms with Gasteiger partial charge in [-0.2, -0.15) is 0 Å². The van der Waals surface area contributed by atoms with E-state index in [2.05, 4.69) is 4.98 Å². The lowest BCUT2D eigenvalue weighted by atomic mass is 10.1. The highest BCUT2D eigenvalue weighted by Gasteiger charge is 2.11. The maximum Gasteiger partial charge on any atom is 0.303 e. The Morgan fingerprint density at radius 1 is 1.10 bits per heavy atom. The molecule has 0 amide bonds. The summed E-state index contributed by atoms with van der Waals surface area (Å²) in [5, 5.41) is 8.66. The molecule has 0 atom stereocenters. The molecule has 0 unspecified atom stereocenters. The molecule has 0 aliphatic rings. The van der Waals surface area contributed by atoms with Crippen LogP contribution in [0.1, 0.15) is 33.7 Å². The van der Waals surface area contributed by atoms with E-state index in [4.69, 9.17) is 5.11 Å². The smallest absolute Gasteiger partial charge is 0.303 e. The standard InChI is InChI=1S/C16H15NO3/c1-11-5-7-12(8-6-11)16(20)14-4-2-3-13(17-14)9-10-15(18)19/h2-8H,9-10H2,1H3,(H,18,19). The monoisotopic (exact) mass is 269 g/mol. The molecular weight excluding hydrogens is 254 g/mol. The third-order valence-corrected chi connectivity index (χ3v) is 2.95. The largest absolute Gasteiger partial charge is 0.481 e. The Morgan fingerprint density at radius 2 is 1.80 bits per heavy atom. The summed E-state index contributed by atoms with van der Waals surface area (Å²) in [6, 6.07) is 12.4. The number of carboxylic acid groups (broad SMARTS) is 1. The van der Waals surface area contributed by atoms with Gasteiger partial charge in [0.25, 0.3) is 0 Å². The summed E-state index contributed by atoms with van der Waals surface area (Å²) in [4.78, 5) is 27.0. The molecule has 4 heteroatoms. The summed E-state index contributed by atoms with van der Waals surface area (Å²) in [5.41, 5.74) is 2.63. The second-order valence-electron chi connectivity index (χ2n) is 4.60. The Hall–Kier alpha value is -2.49. The first-order valence-electron chi connectivity index (χ1n) is 6.35. The summed E-state index contributed by atoms with van der Waals surface area (Å²) in [5.74, 6) is -1.02. The first-order chi connectivity index (χ1) is 9.56. The Bertz CT molecular complexity index is 632. The predicted molar refractivity (Wildman–Crippen MR) is 74.8 cm³/mol. The van der Waals surface area contributed by atoms with Gasteiger partial charge in [-0.05, 0) is 19.1 Å². The number of ketones is 1. The number of hydrogen-bond donors (Lipinski definition) is 1. The van der Waals surface area contributed by atoms with Crippen LogP contribution in [0.3, 0.4) is 0 Å². The fourth-order valence-corrected chi connectivity index (χ4v) is 1.83. The highest BCUT2D eigenvalue weighted by Crippen LogP contribution is 2.10. The Labute approximate surface area is 117 Å². The summed E-state index contributed by atoms with van der Waals surface area (Å²) in [7, 11) is 0. The highest BCUT2D eigenvalue weighted by atomic mass is 16.4. The zero-order valence-electron chi connectivity index (χ0n) is 11.2. The second kappa shape index (κ2) is 6.10. The van der Waals surface area contributed by atoms with Crippen LogP contribution in [0.25, 0.3) is 0 Å². The third kappa shape index (κ3) is 3.51. The molecular formula is C16H15NO3. The molecule has 1 aromatic heterocycles. The Balaban J connectivity index is 2.19. The molecule has 20 heavy (non-hydrogen) atoms. The van der Waals surface area contributed by atoms with Gasteiger partial charge in [-0.25, -0.2) is 4.98 Å². The van der Waals surface area contributed by atoms with Crippen LogP contribution in [0.15, 0.2) is 42.5 Å². The van der Waals surface area contributed by atoms with Crippen LogP contribution in [0.5, 0.6) is 0 Å². The van der Waals surface area contributed by atoms with Crippen molar-refractivity contribution in [1.82, 2.24) is 4.98 Å². The van der Waals surface area contributed by atoms with Gasteiger partial charge in [0, 0.05) is 17.7 Å². The topological polar surface area (TPSA) is 67.3 Å². The van der Waals surface area contributed by atoms with Crippen LogP contribution in [0.4, 0.5) is 0 Å². The summed E-state index contributed by atoms with van der Waals surface area (Å²) in [6.07, 6.45) is 0.333. The molecule has 0 spiro atoms. The number of carbonyl (C=O) groups excluding carboxylic acids is 1. The number of hydrogen-bond acceptors (Lipinski definition) is 3. The van der Waals surface area contributed by atoms with E-state index >= 15 is 0 Å². The lowest BCUT2D eigenvalue weighted by Crippen LogP contribution is -2.07. The number of benzene rings is 1. The minimum Gasteiger partial charge on any atom is -0.481 e. The van der Waals surface area contributed by atoms with E-state index in [1.165, 1.54) is 0 Å². The van der Waals surface area contributed by atoms with E-state index < -0.39 is 5.97 Å². The van der Waals surface area contributed by atoms with E-state index in [-0.39, 0.29) is 12.2 Å². The number of rotatable bonds is 5. The average molecular weight is 269 g/mol. The van der Waals surface area contributed by atoms with E-state index in [0.717, 1.165) is 5.56 Å². The summed E-state index contributed by atoms with van der Waals surface area (Å²) >= 11 is 0. The Kier molecular flexibility index (Phi) is 4.25. The van der Waals surface area contributed by atoms with E-state index in [0.29, 0.717) is 23.4 Å². The van der Waals surface area contributed by atoms with Gasteiger partial charge in [-0.1, -0.05) is 35.9 Å². The lowest BCUT2D eigenvalue weighted by molar-refractivity contribution is -0.136. The molecule has 1 N–H and O–H groups in total. The quantitative estimate of drug-likeness (QED) is 0.847. The number of aromatic nitrogens is 1. The van der Waals surface area contributed by atoms with Crippen molar-refractivity contribution in [2.24, 2.45) is 0 Å². The minimum absolute atomic E-state index is 0.00910. The van der Waals surface area contributed by atoms with Crippen LogP contribution >= 0.6 is 0 Å². The van der Waals surface area contributed by atoms with Crippen LogP contribution in [0, 0.1) is 6.92 Å². The summed E-state index contributed by atoms with van der Waals surface area (Å²) < 4.78 is 0.